The lowest BCUT2D eigenvalue weighted by Crippen LogP contribution is -2.46. The van der Waals surface area contributed by atoms with Crippen LogP contribution in [0.4, 0.5) is 0 Å². The van der Waals surface area contributed by atoms with Crippen molar-refractivity contribution in [3.8, 4) is 0 Å². The predicted molar refractivity (Wildman–Crippen MR) is 130 cm³/mol. The Kier molecular flexibility index (Phi) is 8.22. The maximum atomic E-state index is 5.69. The number of nitrogens with zero attached hydrogens (tertiary/aromatic N) is 3. The summed E-state index contributed by atoms with van der Waals surface area (Å²) in [5, 5.41) is 3.72. The minimum atomic E-state index is 0. The van der Waals surface area contributed by atoms with Crippen LogP contribution in [0, 0.1) is 11.3 Å². The number of aliphatic imine (C=N–C) groups is 1. The van der Waals surface area contributed by atoms with E-state index in [-0.39, 0.29) is 24.0 Å². The molecular weight excluding hydrogens is 475 g/mol. The molecule has 5 nitrogen and oxygen atoms in total. The Morgan fingerprint density at radius 3 is 2.62 bits per heavy atom. The summed E-state index contributed by atoms with van der Waals surface area (Å²) in [6, 6.07) is 11.4. The van der Waals surface area contributed by atoms with Crippen LogP contribution in [-0.4, -0.2) is 68.7 Å². The van der Waals surface area contributed by atoms with Gasteiger partial charge >= 0.3 is 0 Å². The monoisotopic (exact) mass is 512 g/mol. The molecule has 2 unspecified atom stereocenters. The van der Waals surface area contributed by atoms with E-state index in [2.05, 4.69) is 57.4 Å². The zero-order valence-electron chi connectivity index (χ0n) is 18.0. The molecule has 3 aliphatic rings. The molecule has 6 heteroatoms. The number of guanidine groups is 1. The van der Waals surface area contributed by atoms with E-state index in [4.69, 9.17) is 4.74 Å². The van der Waals surface area contributed by atoms with Crippen molar-refractivity contribution in [2.75, 3.05) is 53.0 Å². The molecule has 1 N–H and O–H groups in total. The van der Waals surface area contributed by atoms with Gasteiger partial charge in [-0.1, -0.05) is 37.3 Å². The molecule has 0 aliphatic carbocycles. The van der Waals surface area contributed by atoms with Crippen molar-refractivity contribution >= 4 is 29.9 Å². The largest absolute Gasteiger partial charge is 0.381 e. The molecule has 0 bridgehead atoms. The number of likely N-dealkylation sites (tertiary alicyclic amines) is 2. The van der Waals surface area contributed by atoms with Crippen molar-refractivity contribution < 1.29 is 4.74 Å². The highest BCUT2D eigenvalue weighted by Gasteiger charge is 2.42. The normalized spacial score (nSPS) is 27.2. The van der Waals surface area contributed by atoms with Gasteiger partial charge in [-0.25, -0.2) is 0 Å². The van der Waals surface area contributed by atoms with Crippen LogP contribution in [0.5, 0.6) is 0 Å². The van der Waals surface area contributed by atoms with Crippen molar-refractivity contribution in [3.05, 3.63) is 35.9 Å². The van der Waals surface area contributed by atoms with Crippen molar-refractivity contribution in [2.24, 2.45) is 16.3 Å². The lowest BCUT2D eigenvalue weighted by atomic mass is 9.87. The third kappa shape index (κ3) is 5.44. The molecule has 1 aromatic carbocycles. The molecule has 29 heavy (non-hydrogen) atoms. The minimum Gasteiger partial charge on any atom is -0.381 e. The van der Waals surface area contributed by atoms with Crippen molar-refractivity contribution in [1.82, 2.24) is 15.1 Å². The Balaban J connectivity index is 0.00000240. The number of nitrogens with one attached hydrogen (secondary N) is 1. The van der Waals surface area contributed by atoms with Gasteiger partial charge < -0.3 is 15.0 Å². The van der Waals surface area contributed by atoms with Gasteiger partial charge in [0.05, 0.1) is 12.6 Å². The van der Waals surface area contributed by atoms with Gasteiger partial charge in [0, 0.05) is 38.7 Å². The fourth-order valence-electron chi connectivity index (χ4n) is 5.08. The fraction of sp³-hybridized carbons (Fsp3) is 0.696. The van der Waals surface area contributed by atoms with E-state index in [1.807, 2.05) is 7.05 Å². The summed E-state index contributed by atoms with van der Waals surface area (Å²) >= 11 is 0. The van der Waals surface area contributed by atoms with Crippen molar-refractivity contribution in [1.29, 1.82) is 0 Å². The van der Waals surface area contributed by atoms with Crippen LogP contribution < -0.4 is 5.32 Å². The lowest BCUT2D eigenvalue weighted by molar-refractivity contribution is 0.137. The predicted octanol–water partition coefficient (Wildman–Crippen LogP) is 3.77. The summed E-state index contributed by atoms with van der Waals surface area (Å²) in [6.45, 7) is 9.65. The Hall–Kier alpha value is -0.860. The summed E-state index contributed by atoms with van der Waals surface area (Å²) in [5.74, 6) is 1.90. The van der Waals surface area contributed by atoms with E-state index < -0.39 is 0 Å². The lowest BCUT2D eigenvalue weighted by Gasteiger charge is -2.37. The fourth-order valence-corrected chi connectivity index (χ4v) is 5.08. The SMILES string of the molecule is CN=C(NCC(c1ccccc1)N1CCC(C)CC1)N1CCC2(CCOC2)C1.I. The van der Waals surface area contributed by atoms with E-state index in [1.54, 1.807) is 0 Å². The topological polar surface area (TPSA) is 40.1 Å². The Bertz CT molecular complexity index is 654. The zero-order chi connectivity index (χ0) is 19.4. The number of halogens is 1. The van der Waals surface area contributed by atoms with E-state index in [9.17, 15) is 0 Å². The minimum absolute atomic E-state index is 0. The van der Waals surface area contributed by atoms with Crippen molar-refractivity contribution in [2.45, 2.75) is 38.6 Å². The molecule has 3 heterocycles. The van der Waals surface area contributed by atoms with Crippen LogP contribution in [0.3, 0.4) is 0 Å². The maximum absolute atomic E-state index is 5.69. The van der Waals surface area contributed by atoms with Crippen LogP contribution in [0.25, 0.3) is 0 Å². The molecule has 0 radical (unpaired) electrons. The Labute approximate surface area is 193 Å². The molecular formula is C23H37IN4O. The first-order valence-electron chi connectivity index (χ1n) is 11.0. The third-order valence-corrected chi connectivity index (χ3v) is 7.03. The molecule has 1 spiro atoms. The number of hydrogen-bond acceptors (Lipinski definition) is 3. The van der Waals surface area contributed by atoms with E-state index in [0.29, 0.717) is 11.5 Å². The summed E-state index contributed by atoms with van der Waals surface area (Å²) in [6.07, 6.45) is 5.01. The van der Waals surface area contributed by atoms with E-state index in [1.165, 1.54) is 44.3 Å². The second-order valence-electron chi connectivity index (χ2n) is 9.05. The van der Waals surface area contributed by atoms with E-state index >= 15 is 0 Å². The smallest absolute Gasteiger partial charge is 0.193 e. The molecule has 3 aliphatic heterocycles. The highest BCUT2D eigenvalue weighted by molar-refractivity contribution is 14.0. The summed E-state index contributed by atoms with van der Waals surface area (Å²) in [7, 11) is 1.92. The van der Waals surface area contributed by atoms with Gasteiger partial charge in [0.15, 0.2) is 5.96 Å². The Morgan fingerprint density at radius 2 is 1.97 bits per heavy atom. The molecule has 1 aromatic rings. The average molecular weight is 512 g/mol. The van der Waals surface area contributed by atoms with E-state index in [0.717, 1.165) is 44.7 Å². The molecule has 162 valence electrons. The first-order valence-corrected chi connectivity index (χ1v) is 11.0. The van der Waals surface area contributed by atoms with Gasteiger partial charge in [-0.3, -0.25) is 9.89 Å². The number of hydrogen-bond donors (Lipinski definition) is 1. The molecule has 0 aromatic heterocycles. The molecule has 4 rings (SSSR count). The van der Waals surface area contributed by atoms with Gasteiger partial charge in [0.1, 0.15) is 0 Å². The second-order valence-corrected chi connectivity index (χ2v) is 9.05. The van der Waals surface area contributed by atoms with Crippen LogP contribution in [0.15, 0.2) is 35.3 Å². The quantitative estimate of drug-likeness (QED) is 0.379. The Morgan fingerprint density at radius 1 is 1.21 bits per heavy atom. The second kappa shape index (κ2) is 10.4. The van der Waals surface area contributed by atoms with Gasteiger partial charge in [-0.05, 0) is 50.3 Å². The zero-order valence-corrected chi connectivity index (χ0v) is 20.3. The highest BCUT2D eigenvalue weighted by Crippen LogP contribution is 2.38. The first-order chi connectivity index (χ1) is 13.7. The molecule has 2 atom stereocenters. The molecule has 0 saturated carbocycles. The van der Waals surface area contributed by atoms with Crippen LogP contribution in [-0.2, 0) is 4.74 Å². The van der Waals surface area contributed by atoms with Crippen LogP contribution in [0.2, 0.25) is 0 Å². The summed E-state index contributed by atoms with van der Waals surface area (Å²) < 4.78 is 5.69. The highest BCUT2D eigenvalue weighted by atomic mass is 127. The standard InChI is InChI=1S/C23H36N4O.HI/c1-19-8-12-26(13-9-19)21(20-6-4-3-5-7-20)16-25-22(24-2)27-14-10-23(17-27)11-15-28-18-23;/h3-7,19,21H,8-18H2,1-2H3,(H,24,25);1H. The number of ether oxygens (including phenoxy) is 1. The number of benzene rings is 1. The van der Waals surface area contributed by atoms with Crippen LogP contribution in [0.1, 0.15) is 44.2 Å². The third-order valence-electron chi connectivity index (χ3n) is 7.03. The van der Waals surface area contributed by atoms with Gasteiger partial charge in [-0.2, -0.15) is 0 Å². The number of piperidine rings is 1. The summed E-state index contributed by atoms with van der Waals surface area (Å²) in [4.78, 5) is 9.72. The first kappa shape index (κ1) is 22.8. The van der Waals surface area contributed by atoms with Gasteiger partial charge in [0.2, 0.25) is 0 Å². The van der Waals surface area contributed by atoms with Gasteiger partial charge in [0.25, 0.3) is 0 Å². The van der Waals surface area contributed by atoms with Crippen LogP contribution >= 0.6 is 24.0 Å². The van der Waals surface area contributed by atoms with Crippen molar-refractivity contribution in [3.63, 3.8) is 0 Å². The maximum Gasteiger partial charge on any atom is 0.193 e. The number of rotatable bonds is 4. The molecule has 0 amide bonds. The molecule has 3 fully saturated rings. The van der Waals surface area contributed by atoms with Gasteiger partial charge in [-0.15, -0.1) is 24.0 Å². The summed E-state index contributed by atoms with van der Waals surface area (Å²) in [5.41, 5.74) is 1.77. The molecule has 3 saturated heterocycles. The average Bonchev–Trinajstić information content (AvgIpc) is 3.37.